The number of hydrogen-bond acceptors (Lipinski definition) is 6. The van der Waals surface area contributed by atoms with Crippen molar-refractivity contribution in [3.05, 3.63) is 76.5 Å². The maximum atomic E-state index is 13.7. The minimum Gasteiger partial charge on any atom is -0.383 e. The van der Waals surface area contributed by atoms with Gasteiger partial charge in [0.15, 0.2) is 0 Å². The Bertz CT molecular complexity index is 1510. The summed E-state index contributed by atoms with van der Waals surface area (Å²) < 4.78 is 15.6. The van der Waals surface area contributed by atoms with E-state index in [0.717, 1.165) is 53.8 Å². The molecule has 7 nitrogen and oxygen atoms in total. The third-order valence-electron chi connectivity index (χ3n) is 8.11. The summed E-state index contributed by atoms with van der Waals surface area (Å²) in [5, 5.41) is 27.0. The number of nitrogens with zero attached hydrogens (tertiary/aromatic N) is 5. The Hall–Kier alpha value is -3.70. The molecule has 2 N–H and O–H groups in total. The van der Waals surface area contributed by atoms with Crippen LogP contribution in [0.25, 0.3) is 10.9 Å². The van der Waals surface area contributed by atoms with Crippen molar-refractivity contribution in [3.63, 3.8) is 0 Å². The van der Waals surface area contributed by atoms with Gasteiger partial charge in [-0.15, -0.1) is 5.10 Å². The zero-order valence-corrected chi connectivity index (χ0v) is 22.0. The fraction of sp³-hybridized carbons (Fsp3) is 0.379. The van der Waals surface area contributed by atoms with E-state index in [1.54, 1.807) is 18.3 Å². The number of fused-ring (bicyclic) bond motifs is 1. The number of halogens is 2. The standard InChI is InChI=1S/C29H29ClFN7/c1-2-29(10-3-11-29)17-34-26-19(14-32)15-33-28-23(26)12-21(13-24(28)30)35-27(18-4-6-20(31)7-5-18)25-16-38(37-36-25)22-8-9-22/h4-7,12-13,15-16,22,27,35H,2-3,8-11,17H2,1H3,(H,33,34). The van der Waals surface area contributed by atoms with Crippen LogP contribution in [-0.2, 0) is 0 Å². The molecular weight excluding hydrogens is 501 g/mol. The summed E-state index contributed by atoms with van der Waals surface area (Å²) in [6, 6.07) is 12.5. The van der Waals surface area contributed by atoms with Gasteiger partial charge in [-0.3, -0.25) is 4.98 Å². The predicted octanol–water partition coefficient (Wildman–Crippen LogP) is 7.02. The van der Waals surface area contributed by atoms with E-state index in [9.17, 15) is 9.65 Å². The number of hydrogen-bond donors (Lipinski definition) is 2. The third kappa shape index (κ3) is 4.67. The van der Waals surface area contributed by atoms with Crippen molar-refractivity contribution in [1.82, 2.24) is 20.0 Å². The Balaban J connectivity index is 1.39. The van der Waals surface area contributed by atoms with Crippen LogP contribution in [0, 0.1) is 22.6 Å². The number of nitrogens with one attached hydrogen (secondary N) is 2. The van der Waals surface area contributed by atoms with E-state index in [1.807, 2.05) is 23.0 Å². The van der Waals surface area contributed by atoms with Crippen LogP contribution in [-0.4, -0.2) is 26.5 Å². The normalized spacial score (nSPS) is 17.0. The number of benzene rings is 2. The van der Waals surface area contributed by atoms with Gasteiger partial charge in [-0.2, -0.15) is 5.26 Å². The SMILES string of the molecule is CCC1(CNc2c(C#N)cnc3c(Cl)cc(NC(c4ccc(F)cc4)c4cn(C5CC5)nn4)cc23)CCC1. The maximum absolute atomic E-state index is 13.7. The molecule has 0 amide bonds. The summed E-state index contributed by atoms with van der Waals surface area (Å²) in [6.45, 7) is 3.03. The van der Waals surface area contributed by atoms with Crippen LogP contribution in [0.1, 0.15) is 74.4 Å². The maximum Gasteiger partial charge on any atom is 0.123 e. The first kappa shape index (κ1) is 24.6. The second kappa shape index (κ2) is 9.88. The molecule has 1 unspecified atom stereocenters. The monoisotopic (exact) mass is 529 g/mol. The average molecular weight is 530 g/mol. The van der Waals surface area contributed by atoms with Gasteiger partial charge in [0.25, 0.3) is 0 Å². The molecular formula is C29H29ClFN7. The van der Waals surface area contributed by atoms with Crippen molar-refractivity contribution in [2.75, 3.05) is 17.2 Å². The molecule has 0 radical (unpaired) electrons. The van der Waals surface area contributed by atoms with Crippen LogP contribution in [0.3, 0.4) is 0 Å². The lowest BCUT2D eigenvalue weighted by Crippen LogP contribution is -2.36. The Labute approximate surface area is 226 Å². The van der Waals surface area contributed by atoms with E-state index in [1.165, 1.54) is 31.4 Å². The second-order valence-electron chi connectivity index (χ2n) is 10.6. The Morgan fingerprint density at radius 3 is 2.68 bits per heavy atom. The van der Waals surface area contributed by atoms with E-state index < -0.39 is 0 Å². The molecule has 1 atom stereocenters. The summed E-state index contributed by atoms with van der Waals surface area (Å²) in [5.74, 6) is -0.301. The highest BCUT2D eigenvalue weighted by atomic mass is 35.5. The van der Waals surface area contributed by atoms with Crippen molar-refractivity contribution in [2.24, 2.45) is 5.41 Å². The van der Waals surface area contributed by atoms with Crippen LogP contribution >= 0.6 is 11.6 Å². The minimum absolute atomic E-state index is 0.267. The lowest BCUT2D eigenvalue weighted by Gasteiger charge is -2.41. The number of rotatable bonds is 9. The van der Waals surface area contributed by atoms with E-state index >= 15 is 0 Å². The fourth-order valence-electron chi connectivity index (χ4n) is 5.32. The topological polar surface area (TPSA) is 91.5 Å². The summed E-state index contributed by atoms with van der Waals surface area (Å²) in [6.07, 6.45) is 10.5. The molecule has 38 heavy (non-hydrogen) atoms. The molecule has 2 aliphatic rings. The molecule has 2 aromatic carbocycles. The van der Waals surface area contributed by atoms with Crippen molar-refractivity contribution in [1.29, 1.82) is 5.26 Å². The first-order valence-electron chi connectivity index (χ1n) is 13.2. The van der Waals surface area contributed by atoms with E-state index in [0.29, 0.717) is 22.1 Å². The number of pyridine rings is 1. The van der Waals surface area contributed by atoms with Crippen LogP contribution in [0.5, 0.6) is 0 Å². The highest BCUT2D eigenvalue weighted by Gasteiger charge is 2.35. The van der Waals surface area contributed by atoms with Crippen LogP contribution < -0.4 is 10.6 Å². The van der Waals surface area contributed by atoms with Gasteiger partial charge < -0.3 is 10.6 Å². The highest BCUT2D eigenvalue weighted by molar-refractivity contribution is 6.35. The molecule has 0 saturated heterocycles. The van der Waals surface area contributed by atoms with Gasteiger partial charge in [0.2, 0.25) is 0 Å². The van der Waals surface area contributed by atoms with Crippen molar-refractivity contribution in [2.45, 2.75) is 57.5 Å². The minimum atomic E-state index is -0.376. The molecule has 2 aromatic heterocycles. The second-order valence-corrected chi connectivity index (χ2v) is 11.0. The van der Waals surface area contributed by atoms with E-state index in [4.69, 9.17) is 11.6 Å². The zero-order chi connectivity index (χ0) is 26.3. The number of nitriles is 1. The Morgan fingerprint density at radius 1 is 1.24 bits per heavy atom. The lowest BCUT2D eigenvalue weighted by molar-refractivity contribution is 0.145. The van der Waals surface area contributed by atoms with Crippen LogP contribution in [0.4, 0.5) is 15.8 Å². The summed E-state index contributed by atoms with van der Waals surface area (Å²) in [5.41, 5.74) is 4.46. The van der Waals surface area contributed by atoms with Crippen molar-refractivity contribution < 1.29 is 4.39 Å². The molecule has 0 spiro atoms. The molecule has 2 aliphatic carbocycles. The highest BCUT2D eigenvalue weighted by Crippen LogP contribution is 2.44. The van der Waals surface area contributed by atoms with Gasteiger partial charge in [0.05, 0.1) is 40.1 Å². The van der Waals surface area contributed by atoms with Gasteiger partial charge >= 0.3 is 0 Å². The van der Waals surface area contributed by atoms with Gasteiger partial charge in [0.1, 0.15) is 17.6 Å². The molecule has 4 aromatic rings. The van der Waals surface area contributed by atoms with Gasteiger partial charge in [0, 0.05) is 23.8 Å². The largest absolute Gasteiger partial charge is 0.383 e. The number of aromatic nitrogens is 4. The predicted molar refractivity (Wildman–Crippen MR) is 147 cm³/mol. The molecule has 194 valence electrons. The lowest BCUT2D eigenvalue weighted by atomic mass is 9.67. The van der Waals surface area contributed by atoms with Crippen molar-refractivity contribution >= 4 is 33.9 Å². The molecule has 9 heteroatoms. The van der Waals surface area contributed by atoms with E-state index in [2.05, 4.69) is 38.9 Å². The van der Waals surface area contributed by atoms with Gasteiger partial charge in [-0.1, -0.05) is 42.3 Å². The fourth-order valence-corrected chi connectivity index (χ4v) is 5.58. The smallest absolute Gasteiger partial charge is 0.123 e. The van der Waals surface area contributed by atoms with Crippen LogP contribution in [0.15, 0.2) is 48.8 Å². The van der Waals surface area contributed by atoms with Gasteiger partial charge in [-0.25, -0.2) is 9.07 Å². The molecule has 2 fully saturated rings. The molecule has 0 bridgehead atoms. The Morgan fingerprint density at radius 2 is 2.03 bits per heavy atom. The quantitative estimate of drug-likeness (QED) is 0.242. The average Bonchev–Trinajstić information content (AvgIpc) is 3.64. The summed E-state index contributed by atoms with van der Waals surface area (Å²) in [7, 11) is 0. The molecule has 2 heterocycles. The Kier molecular flexibility index (Phi) is 6.40. The first-order chi connectivity index (χ1) is 18.5. The molecule has 0 aliphatic heterocycles. The van der Waals surface area contributed by atoms with Gasteiger partial charge in [-0.05, 0) is 67.3 Å². The van der Waals surface area contributed by atoms with E-state index in [-0.39, 0.29) is 17.3 Å². The third-order valence-corrected chi connectivity index (χ3v) is 8.40. The summed E-state index contributed by atoms with van der Waals surface area (Å²) in [4.78, 5) is 4.50. The van der Waals surface area contributed by atoms with Crippen LogP contribution in [0.2, 0.25) is 5.02 Å². The molecule has 2 saturated carbocycles. The first-order valence-corrected chi connectivity index (χ1v) is 13.6. The molecule has 6 rings (SSSR count). The van der Waals surface area contributed by atoms with Crippen molar-refractivity contribution in [3.8, 4) is 6.07 Å². The summed E-state index contributed by atoms with van der Waals surface area (Å²) >= 11 is 6.74. The zero-order valence-electron chi connectivity index (χ0n) is 21.2. The number of anilines is 2.